The average Bonchev–Trinajstić information content (AvgIpc) is 2.76. The number of likely N-dealkylation sites (tertiary alicyclic amines) is 1. The summed E-state index contributed by atoms with van der Waals surface area (Å²) in [6, 6.07) is 10.7. The average molecular weight is 413 g/mol. The van der Waals surface area contributed by atoms with E-state index in [0.29, 0.717) is 19.0 Å². The van der Waals surface area contributed by atoms with Crippen LogP contribution in [0.2, 0.25) is 0 Å². The largest absolute Gasteiger partial charge is 0.345 e. The Morgan fingerprint density at radius 3 is 1.87 bits per heavy atom. The van der Waals surface area contributed by atoms with Gasteiger partial charge in [0.15, 0.2) is 0 Å². The third kappa shape index (κ3) is 7.77. The van der Waals surface area contributed by atoms with Crippen molar-refractivity contribution in [2.45, 2.75) is 95.9 Å². The van der Waals surface area contributed by atoms with Gasteiger partial charge in [-0.05, 0) is 43.6 Å². The van der Waals surface area contributed by atoms with Crippen LogP contribution in [-0.4, -0.2) is 35.8 Å². The maximum atomic E-state index is 12.7. The number of carbonyl (C=O) groups excluding carboxylic acids is 2. The van der Waals surface area contributed by atoms with Crippen molar-refractivity contribution < 1.29 is 9.59 Å². The lowest BCUT2D eigenvalue weighted by Crippen LogP contribution is -2.49. The SMILES string of the molecule is O=C(NC1CCCCCCCCCCC1)C(=O)N1CCC(Cc2ccccc2)CC1. The van der Waals surface area contributed by atoms with Gasteiger partial charge in [0.25, 0.3) is 0 Å². The van der Waals surface area contributed by atoms with Crippen molar-refractivity contribution in [1.82, 2.24) is 10.2 Å². The van der Waals surface area contributed by atoms with Crippen molar-refractivity contribution in [1.29, 1.82) is 0 Å². The van der Waals surface area contributed by atoms with Crippen LogP contribution >= 0.6 is 0 Å². The number of nitrogens with zero attached hydrogens (tertiary/aromatic N) is 1. The molecule has 0 bridgehead atoms. The van der Waals surface area contributed by atoms with Gasteiger partial charge >= 0.3 is 11.8 Å². The standard InChI is InChI=1S/C26H40N2O2/c29-25(27-24-15-11-6-4-2-1-3-5-7-12-16-24)26(30)28-19-17-23(18-20-28)21-22-13-9-8-10-14-22/h8-10,13-14,23-24H,1-7,11-12,15-21H2,(H,27,29). The second-order valence-corrected chi connectivity index (χ2v) is 9.36. The lowest BCUT2D eigenvalue weighted by atomic mass is 9.90. The highest BCUT2D eigenvalue weighted by molar-refractivity contribution is 6.35. The second-order valence-electron chi connectivity index (χ2n) is 9.36. The summed E-state index contributed by atoms with van der Waals surface area (Å²) in [6.45, 7) is 1.41. The fourth-order valence-corrected chi connectivity index (χ4v) is 4.99. The van der Waals surface area contributed by atoms with Gasteiger partial charge < -0.3 is 10.2 Å². The molecule has 4 heteroatoms. The zero-order valence-electron chi connectivity index (χ0n) is 18.6. The first kappa shape index (κ1) is 22.8. The maximum Gasteiger partial charge on any atom is 0.311 e. The van der Waals surface area contributed by atoms with Crippen molar-refractivity contribution in [3.63, 3.8) is 0 Å². The first-order chi connectivity index (χ1) is 14.7. The summed E-state index contributed by atoms with van der Waals surface area (Å²) in [5.41, 5.74) is 1.36. The Labute approximate surface area is 182 Å². The normalized spacial score (nSPS) is 20.7. The molecule has 0 radical (unpaired) electrons. The Morgan fingerprint density at radius 1 is 0.767 bits per heavy atom. The molecule has 166 valence electrons. The van der Waals surface area contributed by atoms with E-state index in [1.807, 2.05) is 6.07 Å². The van der Waals surface area contributed by atoms with Crippen molar-refractivity contribution in [3.8, 4) is 0 Å². The molecule has 2 amide bonds. The Hall–Kier alpha value is -1.84. The third-order valence-electron chi connectivity index (χ3n) is 6.90. The van der Waals surface area contributed by atoms with Gasteiger partial charge in [0.1, 0.15) is 0 Å². The Balaban J connectivity index is 1.42. The predicted octanol–water partition coefficient (Wildman–Crippen LogP) is 5.26. The van der Waals surface area contributed by atoms with Crippen LogP contribution in [0, 0.1) is 5.92 Å². The van der Waals surface area contributed by atoms with E-state index in [1.54, 1.807) is 4.90 Å². The topological polar surface area (TPSA) is 49.4 Å². The maximum absolute atomic E-state index is 12.7. The van der Waals surface area contributed by atoms with Crippen LogP contribution in [-0.2, 0) is 16.0 Å². The van der Waals surface area contributed by atoms with Crippen LogP contribution in [0.5, 0.6) is 0 Å². The van der Waals surface area contributed by atoms with E-state index >= 15 is 0 Å². The fourth-order valence-electron chi connectivity index (χ4n) is 4.99. The molecule has 2 fully saturated rings. The molecule has 0 unspecified atom stereocenters. The molecule has 30 heavy (non-hydrogen) atoms. The number of carbonyl (C=O) groups is 2. The van der Waals surface area contributed by atoms with Crippen molar-refractivity contribution in [3.05, 3.63) is 35.9 Å². The molecule has 0 spiro atoms. The van der Waals surface area contributed by atoms with Crippen LogP contribution in [0.25, 0.3) is 0 Å². The molecule has 1 aromatic rings. The molecule has 1 N–H and O–H groups in total. The molecule has 0 aromatic heterocycles. The summed E-state index contributed by atoms with van der Waals surface area (Å²) in [5.74, 6) is -0.0984. The number of rotatable bonds is 3. The number of hydrogen-bond donors (Lipinski definition) is 1. The van der Waals surface area contributed by atoms with Crippen molar-refractivity contribution in [2.75, 3.05) is 13.1 Å². The Kier molecular flexibility index (Phi) is 9.72. The minimum atomic E-state index is -0.381. The number of piperidine rings is 1. The van der Waals surface area contributed by atoms with E-state index in [4.69, 9.17) is 0 Å². The highest BCUT2D eigenvalue weighted by atomic mass is 16.2. The zero-order chi connectivity index (χ0) is 21.0. The van der Waals surface area contributed by atoms with E-state index in [1.165, 1.54) is 50.5 Å². The summed E-state index contributed by atoms with van der Waals surface area (Å²) < 4.78 is 0. The lowest BCUT2D eigenvalue weighted by molar-refractivity contribution is -0.147. The van der Waals surface area contributed by atoms with Gasteiger partial charge in [-0.25, -0.2) is 0 Å². The molecule has 0 atom stereocenters. The van der Waals surface area contributed by atoms with Gasteiger partial charge in [-0.3, -0.25) is 9.59 Å². The molecule has 1 aliphatic carbocycles. The summed E-state index contributed by atoms with van der Waals surface area (Å²) >= 11 is 0. The van der Waals surface area contributed by atoms with Gasteiger partial charge in [-0.15, -0.1) is 0 Å². The summed E-state index contributed by atoms with van der Waals surface area (Å²) in [4.78, 5) is 27.2. The van der Waals surface area contributed by atoms with E-state index in [0.717, 1.165) is 44.9 Å². The number of nitrogens with one attached hydrogen (secondary N) is 1. The van der Waals surface area contributed by atoms with Gasteiger partial charge in [-0.2, -0.15) is 0 Å². The Morgan fingerprint density at radius 2 is 1.30 bits per heavy atom. The predicted molar refractivity (Wildman–Crippen MR) is 122 cm³/mol. The monoisotopic (exact) mass is 412 g/mol. The zero-order valence-corrected chi connectivity index (χ0v) is 18.6. The molecule has 1 aromatic carbocycles. The first-order valence-electron chi connectivity index (χ1n) is 12.4. The molecule has 3 rings (SSSR count). The van der Waals surface area contributed by atoms with E-state index in [2.05, 4.69) is 29.6 Å². The molecule has 1 saturated heterocycles. The first-order valence-corrected chi connectivity index (χ1v) is 12.4. The van der Waals surface area contributed by atoms with Crippen LogP contribution in [0.1, 0.15) is 89.0 Å². The number of hydrogen-bond acceptors (Lipinski definition) is 2. The smallest absolute Gasteiger partial charge is 0.311 e. The van der Waals surface area contributed by atoms with Gasteiger partial charge in [0.2, 0.25) is 0 Å². The molecular weight excluding hydrogens is 372 g/mol. The highest BCUT2D eigenvalue weighted by Crippen LogP contribution is 2.22. The molecule has 2 aliphatic rings. The second kappa shape index (κ2) is 12.8. The molecule has 1 saturated carbocycles. The summed E-state index contributed by atoms with van der Waals surface area (Å²) in [5, 5.41) is 3.09. The number of amides is 2. The lowest BCUT2D eigenvalue weighted by Gasteiger charge is -2.32. The molecule has 1 heterocycles. The van der Waals surface area contributed by atoms with Crippen LogP contribution in [0.3, 0.4) is 0 Å². The van der Waals surface area contributed by atoms with E-state index in [-0.39, 0.29) is 17.9 Å². The fraction of sp³-hybridized carbons (Fsp3) is 0.692. The van der Waals surface area contributed by atoms with E-state index < -0.39 is 0 Å². The molecule has 1 aliphatic heterocycles. The van der Waals surface area contributed by atoms with Gasteiger partial charge in [-0.1, -0.05) is 88.1 Å². The van der Waals surface area contributed by atoms with Crippen LogP contribution < -0.4 is 5.32 Å². The van der Waals surface area contributed by atoms with Gasteiger partial charge in [0.05, 0.1) is 0 Å². The number of benzene rings is 1. The van der Waals surface area contributed by atoms with Gasteiger partial charge in [0, 0.05) is 19.1 Å². The summed E-state index contributed by atoms with van der Waals surface area (Å²) in [6.07, 6.45) is 16.5. The van der Waals surface area contributed by atoms with Crippen molar-refractivity contribution in [2.24, 2.45) is 5.92 Å². The van der Waals surface area contributed by atoms with Crippen LogP contribution in [0.15, 0.2) is 30.3 Å². The quantitative estimate of drug-likeness (QED) is 0.689. The minimum absolute atomic E-state index is 0.163. The highest BCUT2D eigenvalue weighted by Gasteiger charge is 2.28. The van der Waals surface area contributed by atoms with E-state index in [9.17, 15) is 9.59 Å². The van der Waals surface area contributed by atoms with Crippen molar-refractivity contribution >= 4 is 11.8 Å². The molecular formula is C26H40N2O2. The Bertz CT molecular complexity index is 626. The minimum Gasteiger partial charge on any atom is -0.345 e. The third-order valence-corrected chi connectivity index (χ3v) is 6.90. The van der Waals surface area contributed by atoms with Crippen LogP contribution in [0.4, 0.5) is 0 Å². The molecule has 4 nitrogen and oxygen atoms in total. The summed E-state index contributed by atoms with van der Waals surface area (Å²) in [7, 11) is 0.